The van der Waals surface area contributed by atoms with E-state index in [0.717, 1.165) is 11.4 Å². The molecular formula is C10H10N4O2. The van der Waals surface area contributed by atoms with Crippen molar-refractivity contribution >= 4 is 5.97 Å². The van der Waals surface area contributed by atoms with Crippen LogP contribution >= 0.6 is 0 Å². The summed E-state index contributed by atoms with van der Waals surface area (Å²) in [6.45, 7) is 3.67. The van der Waals surface area contributed by atoms with Gasteiger partial charge in [0.1, 0.15) is 0 Å². The van der Waals surface area contributed by atoms with Gasteiger partial charge < -0.3 is 5.11 Å². The number of hydrogen-bond donors (Lipinski definition) is 1. The zero-order valence-corrected chi connectivity index (χ0v) is 8.88. The largest absolute Gasteiger partial charge is 0.476 e. The second-order valence-corrected chi connectivity index (χ2v) is 3.37. The van der Waals surface area contributed by atoms with E-state index in [-0.39, 0.29) is 11.5 Å². The predicted octanol–water partition coefficient (Wildman–Crippen LogP) is 0.977. The summed E-state index contributed by atoms with van der Waals surface area (Å²) in [6, 6.07) is 1.85. The number of aryl methyl sites for hydroxylation is 2. The maximum absolute atomic E-state index is 11.0. The zero-order chi connectivity index (χ0) is 11.7. The van der Waals surface area contributed by atoms with Crippen LogP contribution in [-0.2, 0) is 0 Å². The molecule has 2 heterocycles. The monoisotopic (exact) mass is 218 g/mol. The molecule has 0 aliphatic rings. The van der Waals surface area contributed by atoms with Crippen molar-refractivity contribution in [2.24, 2.45) is 0 Å². The molecule has 0 atom stereocenters. The quantitative estimate of drug-likeness (QED) is 0.812. The summed E-state index contributed by atoms with van der Waals surface area (Å²) in [5.74, 6) is -0.878. The topological polar surface area (TPSA) is 80.9 Å². The highest BCUT2D eigenvalue weighted by Crippen LogP contribution is 2.12. The minimum atomic E-state index is -1.12. The molecule has 0 spiro atoms. The van der Waals surface area contributed by atoms with E-state index in [1.54, 1.807) is 0 Å². The Labute approximate surface area is 91.6 Å². The Bertz CT molecular complexity index is 548. The Morgan fingerprint density at radius 1 is 1.31 bits per heavy atom. The van der Waals surface area contributed by atoms with Gasteiger partial charge in [-0.3, -0.25) is 0 Å². The molecule has 6 nitrogen and oxygen atoms in total. The molecule has 2 aromatic rings. The van der Waals surface area contributed by atoms with E-state index >= 15 is 0 Å². The van der Waals surface area contributed by atoms with Crippen LogP contribution in [0.4, 0.5) is 0 Å². The van der Waals surface area contributed by atoms with E-state index in [0.29, 0.717) is 0 Å². The van der Waals surface area contributed by atoms with Gasteiger partial charge in [-0.25, -0.2) is 19.4 Å². The molecule has 0 saturated heterocycles. The first-order chi connectivity index (χ1) is 7.59. The summed E-state index contributed by atoms with van der Waals surface area (Å²) in [5, 5.41) is 13.2. The average molecular weight is 218 g/mol. The fraction of sp³-hybridized carbons (Fsp3) is 0.200. The number of hydrogen-bond acceptors (Lipinski definition) is 4. The van der Waals surface area contributed by atoms with Crippen LogP contribution in [0.1, 0.15) is 21.9 Å². The van der Waals surface area contributed by atoms with Crippen molar-refractivity contribution in [2.45, 2.75) is 13.8 Å². The highest BCUT2D eigenvalue weighted by molar-refractivity contribution is 5.88. The Morgan fingerprint density at radius 3 is 2.56 bits per heavy atom. The van der Waals surface area contributed by atoms with E-state index in [2.05, 4.69) is 15.1 Å². The maximum atomic E-state index is 11.0. The minimum absolute atomic E-state index is 0.103. The highest BCUT2D eigenvalue weighted by atomic mass is 16.4. The summed E-state index contributed by atoms with van der Waals surface area (Å²) in [6.07, 6.45) is 2.79. The third kappa shape index (κ3) is 1.65. The molecule has 0 bridgehead atoms. The van der Waals surface area contributed by atoms with Crippen LogP contribution in [0.15, 0.2) is 18.5 Å². The number of carboxylic acids is 1. The van der Waals surface area contributed by atoms with Crippen LogP contribution in [-0.4, -0.2) is 30.8 Å². The molecule has 1 N–H and O–H groups in total. The van der Waals surface area contributed by atoms with Crippen LogP contribution in [0.3, 0.4) is 0 Å². The number of nitrogens with zero attached hydrogens (tertiary/aromatic N) is 4. The maximum Gasteiger partial charge on any atom is 0.358 e. The van der Waals surface area contributed by atoms with Crippen LogP contribution in [0.5, 0.6) is 0 Å². The van der Waals surface area contributed by atoms with Crippen molar-refractivity contribution in [3.8, 4) is 5.82 Å². The fourth-order valence-electron chi connectivity index (χ4n) is 1.48. The highest BCUT2D eigenvalue weighted by Gasteiger charge is 2.16. The molecule has 2 aromatic heterocycles. The van der Waals surface area contributed by atoms with Gasteiger partial charge in [0.15, 0.2) is 11.5 Å². The molecule has 82 valence electrons. The van der Waals surface area contributed by atoms with Crippen molar-refractivity contribution in [1.82, 2.24) is 19.7 Å². The lowest BCUT2D eigenvalue weighted by molar-refractivity contribution is 0.0689. The van der Waals surface area contributed by atoms with Gasteiger partial charge in [-0.15, -0.1) is 0 Å². The summed E-state index contributed by atoms with van der Waals surface area (Å²) in [4.78, 5) is 18.8. The standard InChI is InChI=1S/C10H10N4O2/c1-6-5-7(2)14(13-6)9-8(10(15)16)11-3-4-12-9/h3-5H,1-2H3,(H,15,16). The lowest BCUT2D eigenvalue weighted by Crippen LogP contribution is -2.11. The normalized spacial score (nSPS) is 10.4. The molecule has 6 heteroatoms. The van der Waals surface area contributed by atoms with E-state index in [1.165, 1.54) is 17.1 Å². The van der Waals surface area contributed by atoms with Crippen molar-refractivity contribution in [1.29, 1.82) is 0 Å². The van der Waals surface area contributed by atoms with Gasteiger partial charge in [0.25, 0.3) is 0 Å². The lowest BCUT2D eigenvalue weighted by atomic mass is 10.4. The zero-order valence-electron chi connectivity index (χ0n) is 8.88. The molecular weight excluding hydrogens is 208 g/mol. The molecule has 0 amide bonds. The first kappa shape index (κ1) is 10.3. The van der Waals surface area contributed by atoms with Crippen LogP contribution < -0.4 is 0 Å². The first-order valence-corrected chi connectivity index (χ1v) is 4.67. The Balaban J connectivity index is 2.64. The predicted molar refractivity (Wildman–Crippen MR) is 55.6 cm³/mol. The molecule has 16 heavy (non-hydrogen) atoms. The second-order valence-electron chi connectivity index (χ2n) is 3.37. The number of carbonyl (C=O) groups is 1. The average Bonchev–Trinajstić information content (AvgIpc) is 2.57. The SMILES string of the molecule is Cc1cc(C)n(-c2nccnc2C(=O)O)n1. The minimum Gasteiger partial charge on any atom is -0.476 e. The molecule has 0 fully saturated rings. The molecule has 0 aliphatic heterocycles. The Kier molecular flexibility index (Phi) is 2.40. The van der Waals surface area contributed by atoms with Crippen molar-refractivity contribution in [3.05, 3.63) is 35.5 Å². The molecule has 0 radical (unpaired) electrons. The number of aromatic carboxylic acids is 1. The lowest BCUT2D eigenvalue weighted by Gasteiger charge is -2.05. The van der Waals surface area contributed by atoms with Gasteiger partial charge in [-0.1, -0.05) is 0 Å². The summed E-state index contributed by atoms with van der Waals surface area (Å²) in [7, 11) is 0. The van der Waals surface area contributed by atoms with Crippen LogP contribution in [0.25, 0.3) is 5.82 Å². The van der Waals surface area contributed by atoms with E-state index in [1.807, 2.05) is 19.9 Å². The first-order valence-electron chi connectivity index (χ1n) is 4.67. The Hall–Kier alpha value is -2.24. The van der Waals surface area contributed by atoms with E-state index < -0.39 is 5.97 Å². The fourth-order valence-corrected chi connectivity index (χ4v) is 1.48. The second kappa shape index (κ2) is 3.73. The van der Waals surface area contributed by atoms with E-state index in [4.69, 9.17) is 5.11 Å². The van der Waals surface area contributed by atoms with Crippen molar-refractivity contribution in [2.75, 3.05) is 0 Å². The van der Waals surface area contributed by atoms with Crippen LogP contribution in [0.2, 0.25) is 0 Å². The smallest absolute Gasteiger partial charge is 0.358 e. The van der Waals surface area contributed by atoms with Gasteiger partial charge in [-0.2, -0.15) is 5.10 Å². The number of carboxylic acid groups (broad SMARTS) is 1. The Morgan fingerprint density at radius 2 is 2.00 bits per heavy atom. The third-order valence-corrected chi connectivity index (χ3v) is 2.09. The third-order valence-electron chi connectivity index (χ3n) is 2.09. The summed E-state index contributed by atoms with van der Waals surface area (Å²) < 4.78 is 1.48. The van der Waals surface area contributed by atoms with Gasteiger partial charge in [0.05, 0.1) is 5.69 Å². The summed E-state index contributed by atoms with van der Waals surface area (Å²) in [5.41, 5.74) is 1.52. The van der Waals surface area contributed by atoms with Gasteiger partial charge in [0.2, 0.25) is 0 Å². The van der Waals surface area contributed by atoms with Gasteiger partial charge in [-0.05, 0) is 19.9 Å². The molecule has 0 aliphatic carbocycles. The summed E-state index contributed by atoms with van der Waals surface area (Å²) >= 11 is 0. The van der Waals surface area contributed by atoms with Gasteiger partial charge in [0, 0.05) is 18.1 Å². The molecule has 0 aromatic carbocycles. The van der Waals surface area contributed by atoms with Crippen molar-refractivity contribution in [3.63, 3.8) is 0 Å². The van der Waals surface area contributed by atoms with Crippen molar-refractivity contribution < 1.29 is 9.90 Å². The molecule has 0 unspecified atom stereocenters. The number of aromatic nitrogens is 4. The van der Waals surface area contributed by atoms with Gasteiger partial charge >= 0.3 is 5.97 Å². The number of rotatable bonds is 2. The van der Waals surface area contributed by atoms with Crippen LogP contribution in [0, 0.1) is 13.8 Å². The van der Waals surface area contributed by atoms with E-state index in [9.17, 15) is 4.79 Å². The molecule has 2 rings (SSSR count). The molecule has 0 saturated carbocycles.